The zero-order chi connectivity index (χ0) is 18.8. The van der Waals surface area contributed by atoms with Crippen LogP contribution in [0.1, 0.15) is 27.2 Å². The normalized spacial score (nSPS) is 23.1. The Morgan fingerprint density at radius 2 is 2.15 bits per heavy atom. The molecule has 4 heterocycles. The average molecular weight is 385 g/mol. The molecule has 2 atom stereocenters. The van der Waals surface area contributed by atoms with E-state index in [4.69, 9.17) is 4.74 Å². The van der Waals surface area contributed by atoms with E-state index < -0.39 is 0 Å². The molecule has 0 saturated carbocycles. The van der Waals surface area contributed by atoms with Crippen molar-refractivity contribution in [2.75, 3.05) is 26.2 Å². The van der Waals surface area contributed by atoms with E-state index in [1.807, 2.05) is 40.3 Å². The van der Waals surface area contributed by atoms with E-state index in [2.05, 4.69) is 4.98 Å². The van der Waals surface area contributed by atoms with Crippen LogP contribution >= 0.6 is 11.3 Å². The number of rotatable bonds is 3. The number of thiophene rings is 1. The number of aryl methyl sites for hydroxylation is 1. The Hall–Kier alpha value is -2.25. The summed E-state index contributed by atoms with van der Waals surface area (Å²) >= 11 is 1.47. The van der Waals surface area contributed by atoms with E-state index in [0.717, 1.165) is 16.0 Å². The van der Waals surface area contributed by atoms with Crippen LogP contribution in [0.2, 0.25) is 0 Å². The molecule has 0 radical (unpaired) electrons. The molecule has 142 valence electrons. The van der Waals surface area contributed by atoms with E-state index in [-0.39, 0.29) is 23.8 Å². The lowest BCUT2D eigenvalue weighted by molar-refractivity contribution is -0.139. The van der Waals surface area contributed by atoms with Gasteiger partial charge in [0, 0.05) is 38.6 Å². The second-order valence-electron chi connectivity index (χ2n) is 7.16. The van der Waals surface area contributed by atoms with Crippen molar-refractivity contribution in [1.82, 2.24) is 14.8 Å². The van der Waals surface area contributed by atoms with Crippen molar-refractivity contribution in [3.8, 4) is 0 Å². The van der Waals surface area contributed by atoms with Crippen molar-refractivity contribution in [3.63, 3.8) is 0 Å². The van der Waals surface area contributed by atoms with Gasteiger partial charge in [-0.3, -0.25) is 14.6 Å². The molecule has 7 heteroatoms. The van der Waals surface area contributed by atoms with Crippen LogP contribution in [0.15, 0.2) is 36.0 Å². The summed E-state index contributed by atoms with van der Waals surface area (Å²) < 4.78 is 6.00. The van der Waals surface area contributed by atoms with Gasteiger partial charge < -0.3 is 14.5 Å². The summed E-state index contributed by atoms with van der Waals surface area (Å²) in [5.74, 6) is -0.00248. The molecule has 2 aliphatic heterocycles. The Morgan fingerprint density at radius 1 is 1.33 bits per heavy atom. The summed E-state index contributed by atoms with van der Waals surface area (Å²) in [5, 5.41) is 1.99. The summed E-state index contributed by atoms with van der Waals surface area (Å²) in [7, 11) is 0. The predicted molar refractivity (Wildman–Crippen MR) is 102 cm³/mol. The number of amides is 2. The van der Waals surface area contributed by atoms with Crippen LogP contribution in [0.5, 0.6) is 0 Å². The fourth-order valence-corrected chi connectivity index (χ4v) is 4.64. The molecular formula is C20H23N3O3S. The van der Waals surface area contributed by atoms with Crippen LogP contribution in [0.4, 0.5) is 0 Å². The highest BCUT2D eigenvalue weighted by Crippen LogP contribution is 2.28. The smallest absolute Gasteiger partial charge is 0.264 e. The van der Waals surface area contributed by atoms with E-state index in [0.29, 0.717) is 39.2 Å². The van der Waals surface area contributed by atoms with Crippen molar-refractivity contribution in [3.05, 3.63) is 52.0 Å². The molecule has 4 rings (SSSR count). The van der Waals surface area contributed by atoms with E-state index in [1.165, 1.54) is 11.3 Å². The molecular weight excluding hydrogens is 362 g/mol. The topological polar surface area (TPSA) is 62.7 Å². The number of carbonyl (C=O) groups is 2. The Kier molecular flexibility index (Phi) is 5.22. The lowest BCUT2D eigenvalue weighted by atomic mass is 9.92. The number of pyridine rings is 1. The van der Waals surface area contributed by atoms with Crippen molar-refractivity contribution in [2.24, 2.45) is 5.92 Å². The summed E-state index contributed by atoms with van der Waals surface area (Å²) in [6.07, 6.45) is 3.91. The van der Waals surface area contributed by atoms with Gasteiger partial charge in [-0.25, -0.2) is 0 Å². The molecule has 2 aliphatic rings. The van der Waals surface area contributed by atoms with E-state index in [9.17, 15) is 9.59 Å². The molecule has 2 aromatic heterocycles. The number of likely N-dealkylation sites (tertiary alicyclic amines) is 1. The Morgan fingerprint density at radius 3 is 2.89 bits per heavy atom. The Bertz CT molecular complexity index is 823. The highest BCUT2D eigenvalue weighted by Gasteiger charge is 2.40. The molecule has 6 nitrogen and oxygen atoms in total. The Balaban J connectivity index is 1.44. The molecule has 0 unspecified atom stereocenters. The van der Waals surface area contributed by atoms with Crippen LogP contribution in [0.3, 0.4) is 0 Å². The summed E-state index contributed by atoms with van der Waals surface area (Å²) in [6.45, 7) is 4.71. The largest absolute Gasteiger partial charge is 0.374 e. The third-order valence-electron chi connectivity index (χ3n) is 5.23. The molecule has 0 aliphatic carbocycles. The van der Waals surface area contributed by atoms with Crippen LogP contribution in [0, 0.1) is 12.8 Å². The quantitative estimate of drug-likeness (QED) is 0.814. The lowest BCUT2D eigenvalue weighted by Gasteiger charge is -2.37. The van der Waals surface area contributed by atoms with Crippen molar-refractivity contribution < 1.29 is 14.3 Å². The van der Waals surface area contributed by atoms with Gasteiger partial charge >= 0.3 is 0 Å². The molecule has 0 N–H and O–H groups in total. The highest BCUT2D eigenvalue weighted by atomic mass is 32.1. The number of aromatic nitrogens is 1. The van der Waals surface area contributed by atoms with Crippen molar-refractivity contribution in [2.45, 2.75) is 26.0 Å². The minimum atomic E-state index is -0.223. The molecule has 0 spiro atoms. The number of piperidine rings is 1. The van der Waals surface area contributed by atoms with Gasteiger partial charge in [0.15, 0.2) is 0 Å². The third kappa shape index (κ3) is 3.89. The summed E-state index contributed by atoms with van der Waals surface area (Å²) in [4.78, 5) is 34.3. The fourth-order valence-electron chi connectivity index (χ4n) is 3.78. The first-order valence-electron chi connectivity index (χ1n) is 9.25. The first-order chi connectivity index (χ1) is 13.1. The number of fused-ring (bicyclic) bond motifs is 1. The van der Waals surface area contributed by atoms with Gasteiger partial charge in [0.2, 0.25) is 5.91 Å². The van der Waals surface area contributed by atoms with Gasteiger partial charge in [-0.2, -0.15) is 0 Å². The first-order valence-corrected chi connectivity index (χ1v) is 10.1. The van der Waals surface area contributed by atoms with Crippen molar-refractivity contribution in [1.29, 1.82) is 0 Å². The maximum atomic E-state index is 13.1. The van der Waals surface area contributed by atoms with Crippen LogP contribution in [-0.2, 0) is 16.1 Å². The average Bonchev–Trinajstić information content (AvgIpc) is 3.06. The second-order valence-corrected chi connectivity index (χ2v) is 8.07. The molecule has 2 aromatic rings. The number of ether oxygens (including phenoxy) is 1. The molecule has 2 fully saturated rings. The molecule has 0 bridgehead atoms. The monoisotopic (exact) mass is 385 g/mol. The molecule has 0 aromatic carbocycles. The minimum Gasteiger partial charge on any atom is -0.374 e. The van der Waals surface area contributed by atoms with Crippen molar-refractivity contribution >= 4 is 23.2 Å². The number of carbonyl (C=O) groups excluding carboxylic acids is 2. The van der Waals surface area contributed by atoms with E-state index in [1.54, 1.807) is 12.4 Å². The molecule has 2 amide bonds. The second kappa shape index (κ2) is 7.78. The van der Waals surface area contributed by atoms with Crippen LogP contribution in [0.25, 0.3) is 0 Å². The van der Waals surface area contributed by atoms with Gasteiger partial charge in [0.1, 0.15) is 0 Å². The maximum absolute atomic E-state index is 13.1. The van der Waals surface area contributed by atoms with Gasteiger partial charge in [0.25, 0.3) is 5.91 Å². The van der Waals surface area contributed by atoms with Gasteiger partial charge in [-0.15, -0.1) is 11.3 Å². The van der Waals surface area contributed by atoms with Gasteiger partial charge in [-0.05, 0) is 48.1 Å². The summed E-state index contributed by atoms with van der Waals surface area (Å²) in [6, 6.07) is 5.79. The van der Waals surface area contributed by atoms with Crippen LogP contribution in [-0.4, -0.2) is 58.9 Å². The molecule has 27 heavy (non-hydrogen) atoms. The standard InChI is InChI=1S/C20H23N3O3S/c1-14-10-18(27-13-14)20(25)22-7-4-16-17(12-22)26-9-8-23(19(16)24)11-15-2-5-21-6-3-15/h2-3,5-6,10,13,16-17H,4,7-9,11-12H2,1H3/t16-,17+/m1/s1. The number of hydrogen-bond acceptors (Lipinski definition) is 5. The SMILES string of the molecule is Cc1csc(C(=O)N2CC[C@H]3C(=O)N(Cc4ccncc4)CCO[C@H]3C2)c1. The maximum Gasteiger partial charge on any atom is 0.264 e. The third-order valence-corrected chi connectivity index (χ3v) is 6.27. The highest BCUT2D eigenvalue weighted by molar-refractivity contribution is 7.12. The van der Waals surface area contributed by atoms with Gasteiger partial charge in [-0.1, -0.05) is 0 Å². The fraction of sp³-hybridized carbons (Fsp3) is 0.450. The summed E-state index contributed by atoms with van der Waals surface area (Å²) in [5.41, 5.74) is 2.17. The lowest BCUT2D eigenvalue weighted by Crippen LogP contribution is -2.50. The molecule has 2 saturated heterocycles. The van der Waals surface area contributed by atoms with E-state index >= 15 is 0 Å². The zero-order valence-corrected chi connectivity index (χ0v) is 16.2. The Labute approximate surface area is 162 Å². The number of nitrogens with zero attached hydrogens (tertiary/aromatic N) is 3. The van der Waals surface area contributed by atoms with Crippen LogP contribution < -0.4 is 0 Å². The zero-order valence-electron chi connectivity index (χ0n) is 15.3. The minimum absolute atomic E-state index is 0.0421. The predicted octanol–water partition coefficient (Wildman–Crippen LogP) is 2.34. The van der Waals surface area contributed by atoms with Gasteiger partial charge in [0.05, 0.1) is 23.5 Å². The first kappa shape index (κ1) is 18.1. The number of hydrogen-bond donors (Lipinski definition) is 0.